The van der Waals surface area contributed by atoms with E-state index in [1.54, 1.807) is 30.3 Å². The number of halogens is 1. The van der Waals surface area contributed by atoms with Crippen molar-refractivity contribution >= 4 is 40.9 Å². The zero-order chi connectivity index (χ0) is 50.2. The number of aliphatic carboxylic acids is 1. The van der Waals surface area contributed by atoms with Crippen LogP contribution in [0.25, 0.3) is 0 Å². The van der Waals surface area contributed by atoms with Gasteiger partial charge in [-0.3, -0.25) is 4.79 Å². The Balaban J connectivity index is 0.850. The molecule has 0 radical (unpaired) electrons. The number of hydroxylamine groups is 1. The number of aliphatic hydroxyl groups excluding tert-OH is 8. The minimum atomic E-state index is -2.00. The van der Waals surface area contributed by atoms with Gasteiger partial charge in [-0.1, -0.05) is 12.1 Å². The van der Waals surface area contributed by atoms with Crippen molar-refractivity contribution in [1.29, 1.82) is 0 Å². The summed E-state index contributed by atoms with van der Waals surface area (Å²) in [6.07, 6.45) is -25.4. The summed E-state index contributed by atoms with van der Waals surface area (Å²) in [5, 5.41) is 109. The fourth-order valence-corrected chi connectivity index (χ4v) is 8.67. The molecule has 378 valence electrons. The number of phenols is 1. The van der Waals surface area contributed by atoms with Crippen LogP contribution in [0.15, 0.2) is 59.6 Å². The van der Waals surface area contributed by atoms with Crippen molar-refractivity contribution in [2.45, 2.75) is 97.7 Å². The summed E-state index contributed by atoms with van der Waals surface area (Å²) >= 11 is 4.77. The normalized spacial score (nSPS) is 33.6. The number of aliphatic hydroxyl groups is 8. The van der Waals surface area contributed by atoms with Crippen LogP contribution in [0.3, 0.4) is 0 Å². The Morgan fingerprint density at radius 1 is 0.857 bits per heavy atom. The lowest BCUT2D eigenvalue weighted by atomic mass is 9.77. The Morgan fingerprint density at radius 3 is 2.27 bits per heavy atom. The summed E-state index contributed by atoms with van der Waals surface area (Å²) in [6.45, 7) is -4.22. The molecule has 3 fully saturated rings. The zero-order valence-corrected chi connectivity index (χ0v) is 36.8. The molecule has 0 saturated carbocycles. The van der Waals surface area contributed by atoms with Crippen LogP contribution in [-0.4, -0.2) is 199 Å². The highest BCUT2D eigenvalue weighted by Gasteiger charge is 2.55. The zero-order valence-electron chi connectivity index (χ0n) is 36.0. The molecule has 3 aromatic rings. The maximum Gasteiger partial charge on any atom is 0.342 e. The van der Waals surface area contributed by atoms with E-state index in [1.807, 2.05) is 0 Å². The summed E-state index contributed by atoms with van der Waals surface area (Å²) < 4.78 is 58.3. The van der Waals surface area contributed by atoms with Gasteiger partial charge in [0.15, 0.2) is 36.3 Å². The second kappa shape index (κ2) is 21.1. The molecule has 8 rings (SSSR count). The first-order chi connectivity index (χ1) is 33.5. The number of isothiocyanates is 1. The number of aliphatic imine (C=N–C) groups is 1. The highest BCUT2D eigenvalue weighted by atomic mass is 32.1. The number of phenolic OH excluding ortho intramolecular Hbond substituents is 1. The number of hydrogen-bond acceptors (Lipinski definition) is 24. The highest BCUT2D eigenvalue weighted by molar-refractivity contribution is 7.78. The smallest absolute Gasteiger partial charge is 0.342 e. The monoisotopic (exact) mass is 1010 g/mol. The summed E-state index contributed by atoms with van der Waals surface area (Å²) in [4.78, 5) is 48.0. The third kappa shape index (κ3) is 9.69. The molecule has 16 atom stereocenters. The van der Waals surface area contributed by atoms with Crippen LogP contribution < -0.4 is 20.4 Å². The van der Waals surface area contributed by atoms with Gasteiger partial charge in [-0.2, -0.15) is 4.99 Å². The summed E-state index contributed by atoms with van der Waals surface area (Å²) in [6, 6.07) is 12.0. The van der Waals surface area contributed by atoms with E-state index < -0.39 is 149 Å². The number of rotatable bonds is 16. The van der Waals surface area contributed by atoms with Crippen molar-refractivity contribution in [2.75, 3.05) is 33.0 Å². The summed E-state index contributed by atoms with van der Waals surface area (Å²) in [7, 11) is 0. The maximum absolute atomic E-state index is 13.5. The van der Waals surface area contributed by atoms with Gasteiger partial charge in [0.05, 0.1) is 36.2 Å². The SMILES string of the molecule is O=C(CNOc1ccc2c(c1)Oc1cc(O)ccc1C21OC(=O)c2c(N=C=S)cccc21)N[C@@H](CO[C@@H]1OC[C@@H](O[C@@H]2O[C@H](CO)[C@H](O)[C@H](O[C@@H]3O[C@H](CF)[C@H](O)[C@H](O)[C@H]3O)[C@H]2O)[C@@H](O)[C@H]1O)C(=O)O. The standard InChI is InChI=1S/C43H46FN3O22S/c44-10-25-30(51)33(54)35(56)41(64-25)67-37-32(53)26(12-48)65-42(36(37)57)66-27-14-62-40(34(55)31(27)52)61-13-22(38(58)59)47-28(50)11-46-69-17-5-7-19-24(9-17)63-23-8-16(49)4-6-18(23)43(19)20-2-1-3-21(45-15-70)29(20)39(60)68-43/h1-9,22,25-27,30-37,40-42,46,48-49,51-57H,10-14H2,(H,47,50)(H,58,59)/t22-,25+,26+,27+,30-,31+,32-,33-,34+,35+,36+,37-,40+,41-,42-,43?/m0/s1. The Labute approximate surface area is 399 Å². The number of amides is 1. The summed E-state index contributed by atoms with van der Waals surface area (Å²) in [5.74, 6) is -2.93. The minimum absolute atomic E-state index is 0.0869. The van der Waals surface area contributed by atoms with Gasteiger partial charge in [-0.05, 0) is 42.5 Å². The summed E-state index contributed by atoms with van der Waals surface area (Å²) in [5.41, 5.74) is 2.44. The molecule has 0 aliphatic carbocycles. The van der Waals surface area contributed by atoms with Gasteiger partial charge < -0.3 is 99.1 Å². The van der Waals surface area contributed by atoms with Crippen LogP contribution >= 0.6 is 12.2 Å². The van der Waals surface area contributed by atoms with E-state index in [9.17, 15) is 69.8 Å². The third-order valence-electron chi connectivity index (χ3n) is 12.1. The number of carbonyl (C=O) groups is 3. The number of alkyl halides is 1. The second-order valence-corrected chi connectivity index (χ2v) is 16.6. The fourth-order valence-electron chi connectivity index (χ4n) is 8.57. The van der Waals surface area contributed by atoms with Gasteiger partial charge >= 0.3 is 11.9 Å². The molecule has 70 heavy (non-hydrogen) atoms. The number of nitrogens with one attached hydrogen (secondary N) is 2. The number of ether oxygens (including phenoxy) is 8. The number of carboxylic acids is 1. The van der Waals surface area contributed by atoms with E-state index >= 15 is 0 Å². The van der Waals surface area contributed by atoms with Gasteiger partial charge in [0.25, 0.3) is 0 Å². The molecular formula is C43H46FN3O22S. The van der Waals surface area contributed by atoms with Crippen molar-refractivity contribution in [2.24, 2.45) is 4.99 Å². The lowest BCUT2D eigenvalue weighted by molar-refractivity contribution is -0.373. The molecule has 1 spiro atoms. The van der Waals surface area contributed by atoms with Crippen LogP contribution in [0.5, 0.6) is 23.0 Å². The van der Waals surface area contributed by atoms with E-state index in [2.05, 4.69) is 21.0 Å². The quantitative estimate of drug-likeness (QED) is 0.0299. The molecule has 27 heteroatoms. The highest BCUT2D eigenvalue weighted by Crippen LogP contribution is 2.58. The van der Waals surface area contributed by atoms with Crippen molar-refractivity contribution in [1.82, 2.24) is 10.8 Å². The predicted octanol–water partition coefficient (Wildman–Crippen LogP) is -2.77. The van der Waals surface area contributed by atoms with Crippen LogP contribution in [0.2, 0.25) is 0 Å². The maximum atomic E-state index is 13.5. The van der Waals surface area contributed by atoms with Gasteiger partial charge in [-0.25, -0.2) is 14.0 Å². The van der Waals surface area contributed by atoms with Gasteiger partial charge in [0, 0.05) is 28.8 Å². The number of carboxylic acid groups (broad SMARTS) is 1. The molecule has 5 aliphatic heterocycles. The van der Waals surface area contributed by atoms with Crippen molar-refractivity contribution < 1.29 is 113 Å². The number of thiocarbonyl (C=S) groups is 1. The number of nitrogens with zero attached hydrogens (tertiary/aromatic N) is 1. The molecule has 1 amide bonds. The Bertz CT molecular complexity index is 2490. The van der Waals surface area contributed by atoms with Crippen LogP contribution in [0, 0.1) is 0 Å². The number of esters is 1. The Hall–Kier alpha value is -5.40. The van der Waals surface area contributed by atoms with E-state index in [4.69, 9.17) is 55.0 Å². The Morgan fingerprint density at radius 2 is 1.56 bits per heavy atom. The van der Waals surface area contributed by atoms with Crippen LogP contribution in [0.4, 0.5) is 10.1 Å². The molecule has 1 unspecified atom stereocenters. The molecule has 0 bridgehead atoms. The van der Waals surface area contributed by atoms with Crippen molar-refractivity contribution in [3.8, 4) is 23.0 Å². The molecule has 3 saturated heterocycles. The molecular weight excluding hydrogens is 962 g/mol. The van der Waals surface area contributed by atoms with E-state index in [-0.39, 0.29) is 34.2 Å². The fraction of sp³-hybridized carbons (Fsp3) is 0.488. The average molecular weight is 1010 g/mol. The van der Waals surface area contributed by atoms with Gasteiger partial charge in [-0.15, -0.1) is 5.48 Å². The van der Waals surface area contributed by atoms with E-state index in [0.717, 1.165) is 0 Å². The first-order valence-electron chi connectivity index (χ1n) is 21.3. The van der Waals surface area contributed by atoms with Gasteiger partial charge in [0.1, 0.15) is 97.6 Å². The number of fused-ring (bicyclic) bond motifs is 6. The largest absolute Gasteiger partial charge is 0.508 e. The number of carbonyl (C=O) groups excluding carboxylic acids is 2. The molecule has 0 aromatic heterocycles. The van der Waals surface area contributed by atoms with Crippen molar-refractivity contribution in [3.05, 3.63) is 76.9 Å². The molecule has 3 aromatic carbocycles. The van der Waals surface area contributed by atoms with Crippen LogP contribution in [0.1, 0.15) is 27.0 Å². The van der Waals surface area contributed by atoms with E-state index in [0.29, 0.717) is 16.7 Å². The predicted molar refractivity (Wildman–Crippen MR) is 227 cm³/mol. The second-order valence-electron chi connectivity index (χ2n) is 16.5. The average Bonchev–Trinajstić information content (AvgIpc) is 3.63. The molecule has 5 aliphatic rings. The Kier molecular flexibility index (Phi) is 15.4. The first-order valence-corrected chi connectivity index (χ1v) is 21.7. The molecule has 12 N–H and O–H groups in total. The van der Waals surface area contributed by atoms with Crippen LogP contribution in [-0.2, 0) is 48.3 Å². The van der Waals surface area contributed by atoms with Gasteiger partial charge in [0.2, 0.25) is 5.91 Å². The van der Waals surface area contributed by atoms with E-state index in [1.165, 1.54) is 24.3 Å². The van der Waals surface area contributed by atoms with Crippen molar-refractivity contribution in [3.63, 3.8) is 0 Å². The third-order valence-corrected chi connectivity index (χ3v) is 12.2. The minimum Gasteiger partial charge on any atom is -0.508 e. The number of benzene rings is 3. The number of hydrogen-bond donors (Lipinski definition) is 12. The topological polar surface area (TPSA) is 373 Å². The number of aromatic hydroxyl groups is 1. The lowest BCUT2D eigenvalue weighted by Crippen LogP contribution is -2.65. The first kappa shape index (κ1) is 51.0. The lowest BCUT2D eigenvalue weighted by Gasteiger charge is -2.47. The molecule has 5 heterocycles. The molecule has 25 nitrogen and oxygen atoms in total.